The summed E-state index contributed by atoms with van der Waals surface area (Å²) in [4.78, 5) is 38.0. The van der Waals surface area contributed by atoms with Crippen LogP contribution in [0.3, 0.4) is 0 Å². The number of esters is 3. The van der Waals surface area contributed by atoms with E-state index in [4.69, 9.17) is 14.2 Å². The summed E-state index contributed by atoms with van der Waals surface area (Å²) in [6.45, 7) is 6.33. The molecule has 0 N–H and O–H groups in total. The van der Waals surface area contributed by atoms with Crippen molar-refractivity contribution in [2.75, 3.05) is 13.2 Å². The molecule has 0 aliphatic heterocycles. The van der Waals surface area contributed by atoms with E-state index in [0.717, 1.165) is 128 Å². The Morgan fingerprint density at radius 3 is 0.924 bits per heavy atom. The van der Waals surface area contributed by atoms with Gasteiger partial charge in [-0.2, -0.15) is 0 Å². The predicted octanol–water partition coefficient (Wildman–Crippen LogP) is 17.7. The van der Waals surface area contributed by atoms with E-state index in [2.05, 4.69) is 142 Å². The molecule has 6 nitrogen and oxygen atoms in total. The minimum atomic E-state index is -0.810. The van der Waals surface area contributed by atoms with Crippen LogP contribution in [0, 0.1) is 0 Å². The van der Waals surface area contributed by atoms with E-state index in [1.807, 2.05) is 0 Å². The summed E-state index contributed by atoms with van der Waals surface area (Å²) in [6, 6.07) is 0. The molecule has 0 rings (SSSR count). The Morgan fingerprint density at radius 1 is 0.318 bits per heavy atom. The number of rotatable bonds is 46. The summed E-state index contributed by atoms with van der Waals surface area (Å²) in [7, 11) is 0. The molecular weight excluding hydrogens is 817 g/mol. The van der Waals surface area contributed by atoms with Gasteiger partial charge in [0, 0.05) is 19.3 Å². The summed E-state index contributed by atoms with van der Waals surface area (Å²) in [6.07, 6.45) is 73.3. The molecule has 0 spiro atoms. The Hall–Kier alpha value is -4.19. The summed E-state index contributed by atoms with van der Waals surface area (Å²) in [5.74, 6) is -0.978. The quantitative estimate of drug-likeness (QED) is 0.0262. The summed E-state index contributed by atoms with van der Waals surface area (Å²) >= 11 is 0. The number of hydrogen-bond donors (Lipinski definition) is 0. The van der Waals surface area contributed by atoms with Crippen LogP contribution in [0.25, 0.3) is 0 Å². The third kappa shape index (κ3) is 50.8. The lowest BCUT2D eigenvalue weighted by Crippen LogP contribution is -2.30. The Labute approximate surface area is 405 Å². The fraction of sp³-hybridized carbons (Fsp3) is 0.617. The minimum Gasteiger partial charge on any atom is -0.462 e. The summed E-state index contributed by atoms with van der Waals surface area (Å²) < 4.78 is 16.7. The summed E-state index contributed by atoms with van der Waals surface area (Å²) in [5, 5.41) is 0. The third-order valence-corrected chi connectivity index (χ3v) is 10.7. The van der Waals surface area contributed by atoms with Crippen LogP contribution < -0.4 is 0 Å². The van der Waals surface area contributed by atoms with Crippen LogP contribution in [-0.2, 0) is 28.6 Å². The van der Waals surface area contributed by atoms with Gasteiger partial charge in [-0.1, -0.05) is 213 Å². The van der Waals surface area contributed by atoms with Gasteiger partial charge in [0.1, 0.15) is 13.2 Å². The molecule has 6 heteroatoms. The standard InChI is InChI=1S/C60H96O6/c1-4-7-10-13-16-19-22-24-26-28-30-32-34-36-38-41-44-47-50-53-59(62)65-56-57(55-64-58(61)52-49-46-43-40-21-18-15-12-9-6-3)66-60(63)54-51-48-45-42-39-37-35-33-31-29-27-25-23-20-17-14-11-8-5-2/h7-8,10-11,16-17,19-20,24-27,30-33,36-39,57H,4-6,9,12-15,18,21-23,28-29,34-35,40-56H2,1-3H3/b10-7-,11-8-,19-16-,20-17-,26-24-,27-25-,32-30-,33-31-,38-36-,39-37-. The van der Waals surface area contributed by atoms with Crippen LogP contribution in [0.4, 0.5) is 0 Å². The van der Waals surface area contributed by atoms with Gasteiger partial charge in [0.25, 0.3) is 0 Å². The maximum absolute atomic E-state index is 12.8. The first-order valence-electron chi connectivity index (χ1n) is 26.5. The Bertz CT molecular complexity index is 1420. The predicted molar refractivity (Wildman–Crippen MR) is 283 cm³/mol. The lowest BCUT2D eigenvalue weighted by Gasteiger charge is -2.18. The zero-order valence-electron chi connectivity index (χ0n) is 42.4. The molecule has 1 atom stereocenters. The van der Waals surface area contributed by atoms with Crippen molar-refractivity contribution in [3.63, 3.8) is 0 Å². The zero-order chi connectivity index (χ0) is 47.9. The first-order chi connectivity index (χ1) is 32.5. The first-order valence-corrected chi connectivity index (χ1v) is 26.5. The van der Waals surface area contributed by atoms with E-state index in [0.29, 0.717) is 19.3 Å². The topological polar surface area (TPSA) is 78.9 Å². The second-order valence-electron chi connectivity index (χ2n) is 17.0. The molecule has 0 saturated carbocycles. The highest BCUT2D eigenvalue weighted by Gasteiger charge is 2.19. The monoisotopic (exact) mass is 913 g/mol. The fourth-order valence-electron chi connectivity index (χ4n) is 6.79. The molecule has 0 aliphatic carbocycles. The van der Waals surface area contributed by atoms with Gasteiger partial charge in [-0.3, -0.25) is 14.4 Å². The largest absolute Gasteiger partial charge is 0.462 e. The molecule has 0 saturated heterocycles. The number of carbonyl (C=O) groups excluding carboxylic acids is 3. The Morgan fingerprint density at radius 2 is 0.591 bits per heavy atom. The van der Waals surface area contributed by atoms with Crippen LogP contribution in [0.1, 0.15) is 220 Å². The summed E-state index contributed by atoms with van der Waals surface area (Å²) in [5.41, 5.74) is 0. The molecule has 0 aromatic rings. The number of hydrogen-bond acceptors (Lipinski definition) is 6. The molecule has 0 aromatic carbocycles. The van der Waals surface area contributed by atoms with Crippen LogP contribution >= 0.6 is 0 Å². The second-order valence-corrected chi connectivity index (χ2v) is 17.0. The van der Waals surface area contributed by atoms with Gasteiger partial charge >= 0.3 is 17.9 Å². The van der Waals surface area contributed by atoms with Crippen molar-refractivity contribution in [3.05, 3.63) is 122 Å². The molecular formula is C60H96O6. The van der Waals surface area contributed by atoms with Gasteiger partial charge in [-0.05, 0) is 109 Å². The first kappa shape index (κ1) is 61.8. The highest BCUT2D eigenvalue weighted by atomic mass is 16.6. The maximum Gasteiger partial charge on any atom is 0.306 e. The third-order valence-electron chi connectivity index (χ3n) is 10.7. The van der Waals surface area contributed by atoms with E-state index in [9.17, 15) is 14.4 Å². The molecule has 372 valence electrons. The number of unbranched alkanes of at least 4 members (excludes halogenated alkanes) is 15. The molecule has 0 heterocycles. The average molecular weight is 913 g/mol. The van der Waals surface area contributed by atoms with Gasteiger partial charge in [-0.15, -0.1) is 0 Å². The highest BCUT2D eigenvalue weighted by Crippen LogP contribution is 2.13. The average Bonchev–Trinajstić information content (AvgIpc) is 3.31. The normalized spacial score (nSPS) is 13.1. The molecule has 0 amide bonds. The van der Waals surface area contributed by atoms with Gasteiger partial charge in [0.05, 0.1) is 0 Å². The second kappa shape index (κ2) is 53.4. The van der Waals surface area contributed by atoms with Crippen molar-refractivity contribution in [1.82, 2.24) is 0 Å². The highest BCUT2D eigenvalue weighted by molar-refractivity contribution is 5.71. The van der Waals surface area contributed by atoms with Crippen molar-refractivity contribution in [2.45, 2.75) is 226 Å². The van der Waals surface area contributed by atoms with Crippen LogP contribution in [-0.4, -0.2) is 37.2 Å². The van der Waals surface area contributed by atoms with Crippen molar-refractivity contribution in [2.24, 2.45) is 0 Å². The number of allylic oxidation sites excluding steroid dienone is 20. The molecule has 0 radical (unpaired) electrons. The molecule has 0 aromatic heterocycles. The van der Waals surface area contributed by atoms with Gasteiger partial charge < -0.3 is 14.2 Å². The van der Waals surface area contributed by atoms with Crippen molar-refractivity contribution in [1.29, 1.82) is 0 Å². The van der Waals surface area contributed by atoms with Crippen LogP contribution in [0.2, 0.25) is 0 Å². The lowest BCUT2D eigenvalue weighted by molar-refractivity contribution is -0.167. The van der Waals surface area contributed by atoms with Crippen LogP contribution in [0.5, 0.6) is 0 Å². The van der Waals surface area contributed by atoms with E-state index < -0.39 is 6.10 Å². The number of carbonyl (C=O) groups is 3. The maximum atomic E-state index is 12.8. The molecule has 0 aliphatic rings. The smallest absolute Gasteiger partial charge is 0.306 e. The molecule has 0 bridgehead atoms. The van der Waals surface area contributed by atoms with Crippen molar-refractivity contribution >= 4 is 17.9 Å². The Balaban J connectivity index is 4.49. The van der Waals surface area contributed by atoms with Gasteiger partial charge in [0.15, 0.2) is 6.10 Å². The SMILES string of the molecule is CC/C=C\C/C=C\C/C=C\C/C=C\C/C=C\CCCCCC(=O)OCC(COC(=O)CCCCCCCCCCCC)OC(=O)CCCCC/C=C\C/C=C\C/C=C\C/C=C\C/C=C\CC. The van der Waals surface area contributed by atoms with Gasteiger partial charge in [0.2, 0.25) is 0 Å². The lowest BCUT2D eigenvalue weighted by atomic mass is 10.1. The number of ether oxygens (including phenoxy) is 3. The molecule has 66 heavy (non-hydrogen) atoms. The molecule has 0 fully saturated rings. The van der Waals surface area contributed by atoms with E-state index in [1.165, 1.54) is 44.9 Å². The zero-order valence-corrected chi connectivity index (χ0v) is 42.4. The Kier molecular flexibility index (Phi) is 50.0. The van der Waals surface area contributed by atoms with Crippen molar-refractivity contribution < 1.29 is 28.6 Å². The van der Waals surface area contributed by atoms with Crippen molar-refractivity contribution in [3.8, 4) is 0 Å². The molecule has 1 unspecified atom stereocenters. The van der Waals surface area contributed by atoms with E-state index in [1.54, 1.807) is 0 Å². The van der Waals surface area contributed by atoms with Gasteiger partial charge in [-0.25, -0.2) is 0 Å². The fourth-order valence-corrected chi connectivity index (χ4v) is 6.79. The van der Waals surface area contributed by atoms with Crippen LogP contribution in [0.15, 0.2) is 122 Å². The van der Waals surface area contributed by atoms with E-state index >= 15 is 0 Å². The van der Waals surface area contributed by atoms with E-state index in [-0.39, 0.29) is 37.5 Å². The minimum absolute atomic E-state index is 0.104.